The van der Waals surface area contributed by atoms with E-state index in [0.717, 1.165) is 42.1 Å². The Bertz CT molecular complexity index is 755. The first-order valence-corrected chi connectivity index (χ1v) is 9.52. The predicted octanol–water partition coefficient (Wildman–Crippen LogP) is 2.33. The third-order valence-corrected chi connectivity index (χ3v) is 6.90. The molecule has 4 bridgehead atoms. The molecule has 5 aliphatic rings. The van der Waals surface area contributed by atoms with Gasteiger partial charge in [-0.05, 0) is 49.9 Å². The van der Waals surface area contributed by atoms with Gasteiger partial charge in [-0.3, -0.25) is 9.78 Å². The molecular formula is C20H26N4O. The van der Waals surface area contributed by atoms with Crippen LogP contribution in [0, 0.1) is 17.8 Å². The normalized spacial score (nSPS) is 37.2. The molecule has 0 radical (unpaired) electrons. The van der Waals surface area contributed by atoms with Gasteiger partial charge >= 0.3 is 0 Å². The lowest BCUT2D eigenvalue weighted by Gasteiger charge is -2.59. The van der Waals surface area contributed by atoms with E-state index < -0.39 is 0 Å². The van der Waals surface area contributed by atoms with E-state index in [2.05, 4.69) is 27.8 Å². The fraction of sp³-hybridized carbons (Fsp3) is 0.600. The highest BCUT2D eigenvalue weighted by Gasteiger charge is 2.54. The number of fused-ring (bicyclic) bond motifs is 1. The molecule has 5 aliphatic carbocycles. The summed E-state index contributed by atoms with van der Waals surface area (Å²) in [7, 11) is 1.68. The SMILES string of the molecule is CNC(=O)c1cnc2c(c1NC1C3CC4CC1CC(N)(C4)C3)C=CC2. The third-order valence-electron chi connectivity index (χ3n) is 6.90. The highest BCUT2D eigenvalue weighted by Crippen LogP contribution is 2.55. The minimum atomic E-state index is -0.0720. The fourth-order valence-corrected chi connectivity index (χ4v) is 6.15. The van der Waals surface area contributed by atoms with Crippen molar-refractivity contribution in [1.82, 2.24) is 10.3 Å². The molecule has 5 nitrogen and oxygen atoms in total. The van der Waals surface area contributed by atoms with E-state index in [9.17, 15) is 4.79 Å². The zero-order valence-electron chi connectivity index (χ0n) is 14.7. The van der Waals surface area contributed by atoms with E-state index in [1.807, 2.05) is 0 Å². The molecule has 25 heavy (non-hydrogen) atoms. The van der Waals surface area contributed by atoms with Crippen LogP contribution < -0.4 is 16.4 Å². The maximum absolute atomic E-state index is 12.4. The van der Waals surface area contributed by atoms with Crippen LogP contribution in [0.5, 0.6) is 0 Å². The van der Waals surface area contributed by atoms with E-state index in [4.69, 9.17) is 5.73 Å². The summed E-state index contributed by atoms with van der Waals surface area (Å²) in [4.78, 5) is 16.9. The van der Waals surface area contributed by atoms with Gasteiger partial charge in [0.1, 0.15) is 0 Å². The van der Waals surface area contributed by atoms with Crippen molar-refractivity contribution < 1.29 is 4.79 Å². The van der Waals surface area contributed by atoms with Crippen molar-refractivity contribution in [2.24, 2.45) is 23.5 Å². The summed E-state index contributed by atoms with van der Waals surface area (Å²) in [6, 6.07) is 0.428. The lowest BCUT2D eigenvalue weighted by Crippen LogP contribution is -2.62. The van der Waals surface area contributed by atoms with E-state index in [-0.39, 0.29) is 11.4 Å². The van der Waals surface area contributed by atoms with Gasteiger partial charge in [-0.25, -0.2) is 0 Å². The zero-order valence-corrected chi connectivity index (χ0v) is 14.7. The smallest absolute Gasteiger partial charge is 0.254 e. The number of aromatic nitrogens is 1. The summed E-state index contributed by atoms with van der Waals surface area (Å²) < 4.78 is 0. The number of anilines is 1. The summed E-state index contributed by atoms with van der Waals surface area (Å²) in [5, 5.41) is 6.58. The monoisotopic (exact) mass is 338 g/mol. The van der Waals surface area contributed by atoms with E-state index in [1.165, 1.54) is 19.3 Å². The van der Waals surface area contributed by atoms with Crippen LogP contribution >= 0.6 is 0 Å². The number of hydrogen-bond donors (Lipinski definition) is 3. The summed E-state index contributed by atoms with van der Waals surface area (Å²) in [5.74, 6) is 1.99. The maximum Gasteiger partial charge on any atom is 0.254 e. The van der Waals surface area contributed by atoms with Gasteiger partial charge in [0.2, 0.25) is 0 Å². The summed E-state index contributed by atoms with van der Waals surface area (Å²) in [5.41, 5.74) is 10.5. The second kappa shape index (κ2) is 5.31. The van der Waals surface area contributed by atoms with Gasteiger partial charge in [0, 0.05) is 36.8 Å². The lowest BCUT2D eigenvalue weighted by atomic mass is 9.51. The Balaban J connectivity index is 1.51. The number of carbonyl (C=O) groups excluding carboxylic acids is 1. The van der Waals surface area contributed by atoms with Crippen LogP contribution in [-0.2, 0) is 6.42 Å². The number of nitrogens with two attached hydrogens (primary N) is 1. The summed E-state index contributed by atoms with van der Waals surface area (Å²) in [6.07, 6.45) is 12.8. The number of nitrogens with zero attached hydrogens (tertiary/aromatic N) is 1. The average molecular weight is 338 g/mol. The standard InChI is InChI=1S/C20H26N4O/c1-22-19(25)15-10-23-16-4-2-3-14(16)18(15)24-17-12-5-11-6-13(17)9-20(21,7-11)8-12/h2-3,10-13,17H,4-9,21H2,1H3,(H,22,25)(H,23,24). The Hall–Kier alpha value is -1.88. The first kappa shape index (κ1) is 15.4. The molecule has 0 aromatic carbocycles. The molecule has 1 heterocycles. The molecule has 5 heteroatoms. The van der Waals surface area contributed by atoms with Crippen molar-refractivity contribution in [3.63, 3.8) is 0 Å². The van der Waals surface area contributed by atoms with Crippen LogP contribution in [0.25, 0.3) is 6.08 Å². The molecule has 0 saturated heterocycles. The van der Waals surface area contributed by atoms with E-state index in [0.29, 0.717) is 23.4 Å². The Labute approximate surface area is 148 Å². The van der Waals surface area contributed by atoms with Crippen molar-refractivity contribution in [2.75, 3.05) is 12.4 Å². The first-order chi connectivity index (χ1) is 12.1. The van der Waals surface area contributed by atoms with Crippen molar-refractivity contribution in [3.8, 4) is 0 Å². The van der Waals surface area contributed by atoms with Crippen LogP contribution in [0.1, 0.15) is 53.7 Å². The molecule has 6 rings (SSSR count). The number of carbonyl (C=O) groups is 1. The molecule has 0 aliphatic heterocycles. The molecule has 4 saturated carbocycles. The Morgan fingerprint density at radius 1 is 1.28 bits per heavy atom. The van der Waals surface area contributed by atoms with Gasteiger partial charge < -0.3 is 16.4 Å². The molecule has 1 aromatic rings. The Morgan fingerprint density at radius 3 is 2.72 bits per heavy atom. The van der Waals surface area contributed by atoms with Gasteiger partial charge in [0.05, 0.1) is 16.9 Å². The molecule has 132 valence electrons. The van der Waals surface area contributed by atoms with Crippen LogP contribution in [-0.4, -0.2) is 29.5 Å². The second-order valence-corrected chi connectivity index (χ2v) is 8.60. The van der Waals surface area contributed by atoms with Gasteiger partial charge in [0.15, 0.2) is 0 Å². The molecule has 4 fully saturated rings. The molecule has 0 spiro atoms. The molecule has 1 aromatic heterocycles. The minimum Gasteiger partial charge on any atom is -0.381 e. The maximum atomic E-state index is 12.4. The second-order valence-electron chi connectivity index (χ2n) is 8.60. The van der Waals surface area contributed by atoms with Crippen molar-refractivity contribution in [2.45, 2.75) is 50.1 Å². The fourth-order valence-electron chi connectivity index (χ4n) is 6.15. The van der Waals surface area contributed by atoms with Crippen molar-refractivity contribution >= 4 is 17.7 Å². The van der Waals surface area contributed by atoms with Gasteiger partial charge in [-0.1, -0.05) is 12.2 Å². The van der Waals surface area contributed by atoms with Crippen LogP contribution in [0.2, 0.25) is 0 Å². The lowest BCUT2D eigenvalue weighted by molar-refractivity contribution is -0.0107. The molecule has 1 amide bonds. The topological polar surface area (TPSA) is 80.0 Å². The zero-order chi connectivity index (χ0) is 17.2. The molecular weight excluding hydrogens is 312 g/mol. The molecule has 2 atom stereocenters. The van der Waals surface area contributed by atoms with Crippen LogP contribution in [0.15, 0.2) is 12.3 Å². The highest BCUT2D eigenvalue weighted by atomic mass is 16.1. The third kappa shape index (κ3) is 2.32. The average Bonchev–Trinajstić information content (AvgIpc) is 3.04. The van der Waals surface area contributed by atoms with Crippen molar-refractivity contribution in [1.29, 1.82) is 0 Å². The Morgan fingerprint density at radius 2 is 2.04 bits per heavy atom. The largest absolute Gasteiger partial charge is 0.381 e. The quantitative estimate of drug-likeness (QED) is 0.790. The van der Waals surface area contributed by atoms with E-state index in [1.54, 1.807) is 13.2 Å². The van der Waals surface area contributed by atoms with E-state index >= 15 is 0 Å². The van der Waals surface area contributed by atoms with Crippen LogP contribution in [0.4, 0.5) is 5.69 Å². The van der Waals surface area contributed by atoms with Gasteiger partial charge in [0.25, 0.3) is 5.91 Å². The molecule has 2 unspecified atom stereocenters. The predicted molar refractivity (Wildman–Crippen MR) is 98.2 cm³/mol. The van der Waals surface area contributed by atoms with Crippen molar-refractivity contribution in [3.05, 3.63) is 29.1 Å². The minimum absolute atomic E-state index is 0.0679. The number of nitrogens with one attached hydrogen (secondary N) is 2. The Kier molecular flexibility index (Phi) is 3.26. The van der Waals surface area contributed by atoms with Gasteiger partial charge in [-0.2, -0.15) is 0 Å². The van der Waals surface area contributed by atoms with Crippen LogP contribution in [0.3, 0.4) is 0 Å². The number of pyridine rings is 1. The number of amides is 1. The highest BCUT2D eigenvalue weighted by molar-refractivity contribution is 6.01. The number of hydrogen-bond acceptors (Lipinski definition) is 4. The summed E-state index contributed by atoms with van der Waals surface area (Å²) >= 11 is 0. The first-order valence-electron chi connectivity index (χ1n) is 9.52. The number of allylic oxidation sites excluding steroid dienone is 1. The summed E-state index contributed by atoms with van der Waals surface area (Å²) in [6.45, 7) is 0. The molecule has 4 N–H and O–H groups in total. The van der Waals surface area contributed by atoms with Gasteiger partial charge in [-0.15, -0.1) is 0 Å². The number of rotatable bonds is 3.